The summed E-state index contributed by atoms with van der Waals surface area (Å²) in [7, 11) is 0. The summed E-state index contributed by atoms with van der Waals surface area (Å²) in [4.78, 5) is 39.3. The molecule has 2 unspecified atom stereocenters. The van der Waals surface area contributed by atoms with Gasteiger partial charge in [-0.25, -0.2) is 4.79 Å². The van der Waals surface area contributed by atoms with Gasteiger partial charge in [0.15, 0.2) is 0 Å². The first-order valence-corrected chi connectivity index (χ1v) is 9.04. The number of hydrogen-bond acceptors (Lipinski definition) is 3. The Balaban J connectivity index is 1.51. The minimum Gasteiger partial charge on any atom is -0.481 e. The molecule has 1 fully saturated rings. The van der Waals surface area contributed by atoms with Gasteiger partial charge in [-0.15, -0.1) is 0 Å². The third kappa shape index (κ3) is 4.15. The van der Waals surface area contributed by atoms with Gasteiger partial charge >= 0.3 is 12.0 Å². The van der Waals surface area contributed by atoms with E-state index in [-0.39, 0.29) is 30.9 Å². The molecular formula is C19H25N3O4. The molecule has 2 aliphatic rings. The fourth-order valence-electron chi connectivity index (χ4n) is 3.78. The van der Waals surface area contributed by atoms with Crippen molar-refractivity contribution in [3.8, 4) is 0 Å². The smallest absolute Gasteiger partial charge is 0.318 e. The Morgan fingerprint density at radius 3 is 2.62 bits per heavy atom. The summed E-state index contributed by atoms with van der Waals surface area (Å²) in [6.45, 7) is 3.76. The molecule has 0 aliphatic carbocycles. The van der Waals surface area contributed by atoms with Crippen molar-refractivity contribution in [2.75, 3.05) is 26.2 Å². The first-order valence-electron chi connectivity index (χ1n) is 9.04. The lowest BCUT2D eigenvalue weighted by atomic mass is 9.90. The first kappa shape index (κ1) is 18.2. The average Bonchev–Trinajstić information content (AvgIpc) is 2.64. The number of rotatable bonds is 3. The van der Waals surface area contributed by atoms with Gasteiger partial charge in [0, 0.05) is 26.2 Å². The number of carbonyl (C=O) groups is 3. The molecule has 140 valence electrons. The second-order valence-electron chi connectivity index (χ2n) is 7.27. The molecule has 2 aliphatic heterocycles. The van der Waals surface area contributed by atoms with Crippen LogP contribution in [0.2, 0.25) is 0 Å². The fraction of sp³-hybridized carbons (Fsp3) is 0.526. The van der Waals surface area contributed by atoms with E-state index < -0.39 is 11.9 Å². The minimum absolute atomic E-state index is 0.101. The molecule has 3 amide bonds. The SMILES string of the molecule is CC1CC(C(=O)O)CN(C(=O)CNC(=O)N2CCc3ccccc3C2)C1. The summed E-state index contributed by atoms with van der Waals surface area (Å²) >= 11 is 0. The number of carboxylic acids is 1. The number of nitrogens with one attached hydrogen (secondary N) is 1. The number of nitrogens with zero attached hydrogens (tertiary/aromatic N) is 2. The number of aliphatic carboxylic acids is 1. The molecule has 26 heavy (non-hydrogen) atoms. The number of urea groups is 1. The van der Waals surface area contributed by atoms with Crippen LogP contribution in [0.4, 0.5) is 4.79 Å². The van der Waals surface area contributed by atoms with Crippen molar-refractivity contribution < 1.29 is 19.5 Å². The Hall–Kier alpha value is -2.57. The number of carboxylic acid groups (broad SMARTS) is 1. The molecule has 7 heteroatoms. The number of hydrogen-bond donors (Lipinski definition) is 2. The van der Waals surface area contributed by atoms with E-state index in [0.717, 1.165) is 12.0 Å². The van der Waals surface area contributed by atoms with Gasteiger partial charge in [0.25, 0.3) is 0 Å². The van der Waals surface area contributed by atoms with Crippen LogP contribution >= 0.6 is 0 Å². The molecule has 1 saturated heterocycles. The van der Waals surface area contributed by atoms with Gasteiger partial charge in [0.1, 0.15) is 0 Å². The summed E-state index contributed by atoms with van der Waals surface area (Å²) in [5.41, 5.74) is 2.39. The zero-order chi connectivity index (χ0) is 18.7. The van der Waals surface area contributed by atoms with Crippen molar-refractivity contribution in [1.82, 2.24) is 15.1 Å². The lowest BCUT2D eigenvalue weighted by Crippen LogP contribution is -2.50. The van der Waals surface area contributed by atoms with E-state index >= 15 is 0 Å². The van der Waals surface area contributed by atoms with E-state index in [9.17, 15) is 19.5 Å². The van der Waals surface area contributed by atoms with Crippen molar-refractivity contribution in [3.63, 3.8) is 0 Å². The molecule has 2 N–H and O–H groups in total. The van der Waals surface area contributed by atoms with Gasteiger partial charge < -0.3 is 20.2 Å². The molecule has 0 saturated carbocycles. The van der Waals surface area contributed by atoms with Gasteiger partial charge in [-0.3, -0.25) is 9.59 Å². The first-order chi connectivity index (χ1) is 12.4. The molecule has 1 aromatic carbocycles. The predicted octanol–water partition coefficient (Wildman–Crippen LogP) is 1.32. The van der Waals surface area contributed by atoms with E-state index in [2.05, 4.69) is 11.4 Å². The lowest BCUT2D eigenvalue weighted by Gasteiger charge is -2.35. The maximum absolute atomic E-state index is 12.4. The summed E-state index contributed by atoms with van der Waals surface area (Å²) in [6.07, 6.45) is 1.39. The summed E-state index contributed by atoms with van der Waals surface area (Å²) in [5.74, 6) is -1.49. The Morgan fingerprint density at radius 2 is 1.88 bits per heavy atom. The second-order valence-corrected chi connectivity index (χ2v) is 7.27. The number of fused-ring (bicyclic) bond motifs is 1. The highest BCUT2D eigenvalue weighted by molar-refractivity contribution is 5.84. The Kier molecular flexibility index (Phi) is 5.44. The monoisotopic (exact) mass is 359 g/mol. The van der Waals surface area contributed by atoms with Crippen LogP contribution in [0, 0.1) is 11.8 Å². The number of amides is 3. The zero-order valence-electron chi connectivity index (χ0n) is 15.0. The van der Waals surface area contributed by atoms with Crippen molar-refractivity contribution in [2.24, 2.45) is 11.8 Å². The molecular weight excluding hydrogens is 334 g/mol. The Bertz CT molecular complexity index is 706. The van der Waals surface area contributed by atoms with Crippen LogP contribution in [0.1, 0.15) is 24.5 Å². The summed E-state index contributed by atoms with van der Waals surface area (Å²) in [6, 6.07) is 7.79. The molecule has 0 bridgehead atoms. The van der Waals surface area contributed by atoms with E-state index in [4.69, 9.17) is 0 Å². The summed E-state index contributed by atoms with van der Waals surface area (Å²) < 4.78 is 0. The maximum Gasteiger partial charge on any atom is 0.318 e. The third-order valence-electron chi connectivity index (χ3n) is 5.17. The molecule has 2 heterocycles. The van der Waals surface area contributed by atoms with Crippen molar-refractivity contribution in [3.05, 3.63) is 35.4 Å². The van der Waals surface area contributed by atoms with Crippen molar-refractivity contribution >= 4 is 17.9 Å². The topological polar surface area (TPSA) is 90.0 Å². The van der Waals surface area contributed by atoms with Gasteiger partial charge in [-0.2, -0.15) is 0 Å². The van der Waals surface area contributed by atoms with Crippen LogP contribution in [0.3, 0.4) is 0 Å². The van der Waals surface area contributed by atoms with Gasteiger partial charge in [0.05, 0.1) is 12.5 Å². The number of benzene rings is 1. The minimum atomic E-state index is -0.870. The van der Waals surface area contributed by atoms with Crippen molar-refractivity contribution in [2.45, 2.75) is 26.3 Å². The molecule has 7 nitrogen and oxygen atoms in total. The van der Waals surface area contributed by atoms with Gasteiger partial charge in [-0.1, -0.05) is 31.2 Å². The standard InChI is InChI=1S/C19H25N3O4/c1-13-8-16(18(24)25)12-22(10-13)17(23)9-20-19(26)21-7-6-14-4-2-3-5-15(14)11-21/h2-5,13,16H,6-12H2,1H3,(H,20,26)(H,24,25). The molecule has 2 atom stereocenters. The van der Waals surface area contributed by atoms with Crippen LogP contribution in [0.5, 0.6) is 0 Å². The van der Waals surface area contributed by atoms with Crippen LogP contribution < -0.4 is 5.32 Å². The van der Waals surface area contributed by atoms with Crippen LogP contribution in [0.25, 0.3) is 0 Å². The van der Waals surface area contributed by atoms with Crippen LogP contribution in [-0.2, 0) is 22.6 Å². The third-order valence-corrected chi connectivity index (χ3v) is 5.17. The summed E-state index contributed by atoms with van der Waals surface area (Å²) in [5, 5.41) is 11.9. The zero-order valence-corrected chi connectivity index (χ0v) is 15.0. The van der Waals surface area contributed by atoms with Gasteiger partial charge in [-0.05, 0) is 29.9 Å². The Labute approximate surface area is 153 Å². The number of carbonyl (C=O) groups excluding carboxylic acids is 2. The van der Waals surface area contributed by atoms with E-state index in [1.807, 2.05) is 25.1 Å². The second kappa shape index (κ2) is 7.76. The van der Waals surface area contributed by atoms with Crippen LogP contribution in [-0.4, -0.2) is 59.0 Å². The van der Waals surface area contributed by atoms with Crippen molar-refractivity contribution in [1.29, 1.82) is 0 Å². The highest BCUT2D eigenvalue weighted by Gasteiger charge is 2.32. The molecule has 0 aromatic heterocycles. The van der Waals surface area contributed by atoms with E-state index in [0.29, 0.717) is 26.1 Å². The largest absolute Gasteiger partial charge is 0.481 e. The predicted molar refractivity (Wildman–Crippen MR) is 95.4 cm³/mol. The normalized spacial score (nSPS) is 22.5. The van der Waals surface area contributed by atoms with Gasteiger partial charge in [0.2, 0.25) is 5.91 Å². The number of likely N-dealkylation sites (tertiary alicyclic amines) is 1. The van der Waals surface area contributed by atoms with Crippen LogP contribution in [0.15, 0.2) is 24.3 Å². The number of piperidine rings is 1. The van der Waals surface area contributed by atoms with E-state index in [1.165, 1.54) is 5.56 Å². The van der Waals surface area contributed by atoms with E-state index in [1.54, 1.807) is 9.80 Å². The highest BCUT2D eigenvalue weighted by atomic mass is 16.4. The lowest BCUT2D eigenvalue weighted by molar-refractivity contribution is -0.146. The molecule has 0 spiro atoms. The average molecular weight is 359 g/mol. The quantitative estimate of drug-likeness (QED) is 0.852. The molecule has 1 aromatic rings. The maximum atomic E-state index is 12.4. The fourth-order valence-corrected chi connectivity index (χ4v) is 3.78. The highest BCUT2D eigenvalue weighted by Crippen LogP contribution is 2.22. The Morgan fingerprint density at radius 1 is 1.15 bits per heavy atom. The molecule has 3 rings (SSSR count). The molecule has 0 radical (unpaired) electrons.